The quantitative estimate of drug-likeness (QED) is 0.579. The molecule has 1 heteroatoms. The van der Waals surface area contributed by atoms with Crippen LogP contribution in [0.4, 0.5) is 0 Å². The number of rotatable bonds is 1. The zero-order valence-electron chi connectivity index (χ0n) is 10.1. The molecular weight excluding hydrogens is 206 g/mol. The molecule has 2 aromatic heterocycles. The Bertz CT molecular complexity index is 663. The highest BCUT2D eigenvalue weighted by Crippen LogP contribution is 2.26. The van der Waals surface area contributed by atoms with Gasteiger partial charge >= 0.3 is 0 Å². The van der Waals surface area contributed by atoms with Gasteiger partial charge in [0.25, 0.3) is 0 Å². The van der Waals surface area contributed by atoms with E-state index in [-0.39, 0.29) is 0 Å². The van der Waals surface area contributed by atoms with Gasteiger partial charge < -0.3 is 4.40 Å². The Hall–Kier alpha value is -2.02. The highest BCUT2D eigenvalue weighted by atomic mass is 14.9. The molecule has 0 bridgehead atoms. The van der Waals surface area contributed by atoms with E-state index in [9.17, 15) is 0 Å². The SMILES string of the molecule is Cc1cc(-c2ccccc2)c(C)n2cccc12. The van der Waals surface area contributed by atoms with Crippen molar-refractivity contribution in [2.45, 2.75) is 13.8 Å². The summed E-state index contributed by atoms with van der Waals surface area (Å²) in [7, 11) is 0. The van der Waals surface area contributed by atoms with Gasteiger partial charge in [-0.2, -0.15) is 0 Å². The highest BCUT2D eigenvalue weighted by molar-refractivity contribution is 5.71. The minimum atomic E-state index is 1.28. The van der Waals surface area contributed by atoms with Gasteiger partial charge in [0.15, 0.2) is 0 Å². The van der Waals surface area contributed by atoms with E-state index in [1.807, 2.05) is 0 Å². The Kier molecular flexibility index (Phi) is 2.25. The van der Waals surface area contributed by atoms with Crippen LogP contribution >= 0.6 is 0 Å². The van der Waals surface area contributed by atoms with E-state index in [4.69, 9.17) is 0 Å². The minimum Gasteiger partial charge on any atom is -0.320 e. The molecule has 0 aliphatic heterocycles. The summed E-state index contributed by atoms with van der Waals surface area (Å²) >= 11 is 0. The lowest BCUT2D eigenvalue weighted by Gasteiger charge is -2.11. The van der Waals surface area contributed by atoms with Crippen molar-refractivity contribution in [3.63, 3.8) is 0 Å². The van der Waals surface area contributed by atoms with Crippen molar-refractivity contribution in [2.75, 3.05) is 0 Å². The molecule has 3 rings (SSSR count). The van der Waals surface area contributed by atoms with Crippen molar-refractivity contribution in [3.8, 4) is 11.1 Å². The third-order valence-corrected chi connectivity index (χ3v) is 3.35. The third kappa shape index (κ3) is 1.55. The second kappa shape index (κ2) is 3.77. The molecule has 0 radical (unpaired) electrons. The number of aryl methyl sites for hydroxylation is 2. The molecule has 0 spiro atoms. The number of nitrogens with zero attached hydrogens (tertiary/aromatic N) is 1. The van der Waals surface area contributed by atoms with Crippen LogP contribution in [0.15, 0.2) is 54.7 Å². The standard InChI is InChI=1S/C16H15N/c1-12-11-15(14-7-4-3-5-8-14)13(2)17-10-6-9-16(12)17/h3-11H,1-2H3. The van der Waals surface area contributed by atoms with E-state index in [0.29, 0.717) is 0 Å². The molecule has 0 N–H and O–H groups in total. The van der Waals surface area contributed by atoms with Gasteiger partial charge in [-0.3, -0.25) is 0 Å². The van der Waals surface area contributed by atoms with Crippen LogP contribution in [0.3, 0.4) is 0 Å². The maximum absolute atomic E-state index is 2.28. The summed E-state index contributed by atoms with van der Waals surface area (Å²) in [4.78, 5) is 0. The van der Waals surface area contributed by atoms with E-state index >= 15 is 0 Å². The van der Waals surface area contributed by atoms with Crippen LogP contribution in [0.1, 0.15) is 11.3 Å². The van der Waals surface area contributed by atoms with Crippen LogP contribution in [-0.2, 0) is 0 Å². The molecule has 17 heavy (non-hydrogen) atoms. The second-order valence-corrected chi connectivity index (χ2v) is 4.46. The first-order valence-electron chi connectivity index (χ1n) is 5.90. The van der Waals surface area contributed by atoms with Crippen molar-refractivity contribution in [1.29, 1.82) is 0 Å². The molecule has 0 saturated carbocycles. The van der Waals surface area contributed by atoms with Gasteiger partial charge in [0.1, 0.15) is 0 Å². The third-order valence-electron chi connectivity index (χ3n) is 3.35. The van der Waals surface area contributed by atoms with Crippen LogP contribution in [0.5, 0.6) is 0 Å². The molecule has 0 amide bonds. The zero-order valence-corrected chi connectivity index (χ0v) is 10.1. The number of benzene rings is 1. The maximum atomic E-state index is 2.28. The predicted octanol–water partition coefficient (Wildman–Crippen LogP) is 4.22. The lowest BCUT2D eigenvalue weighted by molar-refractivity contribution is 1.09. The predicted molar refractivity (Wildman–Crippen MR) is 72.3 cm³/mol. The number of pyridine rings is 1. The fraction of sp³-hybridized carbons (Fsp3) is 0.125. The van der Waals surface area contributed by atoms with Gasteiger partial charge in [-0.15, -0.1) is 0 Å². The Balaban J connectivity index is 2.34. The largest absolute Gasteiger partial charge is 0.320 e. The van der Waals surface area contributed by atoms with Crippen molar-refractivity contribution >= 4 is 5.52 Å². The van der Waals surface area contributed by atoms with Crippen molar-refractivity contribution in [1.82, 2.24) is 4.40 Å². The molecule has 0 fully saturated rings. The molecule has 1 nitrogen and oxygen atoms in total. The summed E-state index contributed by atoms with van der Waals surface area (Å²) in [6.45, 7) is 4.34. The molecule has 0 atom stereocenters. The lowest BCUT2D eigenvalue weighted by atomic mass is 10.0. The summed E-state index contributed by atoms with van der Waals surface area (Å²) in [6.07, 6.45) is 2.13. The lowest BCUT2D eigenvalue weighted by Crippen LogP contribution is -1.95. The average molecular weight is 221 g/mol. The Morgan fingerprint density at radius 1 is 0.882 bits per heavy atom. The van der Waals surface area contributed by atoms with Crippen LogP contribution in [-0.4, -0.2) is 4.40 Å². The number of hydrogen-bond donors (Lipinski definition) is 0. The molecule has 2 heterocycles. The smallest absolute Gasteiger partial charge is 0.0482 e. The Morgan fingerprint density at radius 3 is 2.41 bits per heavy atom. The van der Waals surface area contributed by atoms with Gasteiger partial charge in [-0.25, -0.2) is 0 Å². The van der Waals surface area contributed by atoms with E-state index < -0.39 is 0 Å². The van der Waals surface area contributed by atoms with Gasteiger partial charge in [0.05, 0.1) is 0 Å². The van der Waals surface area contributed by atoms with Crippen LogP contribution in [0.2, 0.25) is 0 Å². The second-order valence-electron chi connectivity index (χ2n) is 4.46. The molecule has 0 unspecified atom stereocenters. The molecule has 1 aromatic carbocycles. The maximum Gasteiger partial charge on any atom is 0.0482 e. The molecule has 84 valence electrons. The van der Waals surface area contributed by atoms with Gasteiger partial charge in [0, 0.05) is 23.0 Å². The molecule has 3 aromatic rings. The van der Waals surface area contributed by atoms with Crippen molar-refractivity contribution < 1.29 is 0 Å². The van der Waals surface area contributed by atoms with E-state index in [0.717, 1.165) is 0 Å². The van der Waals surface area contributed by atoms with Crippen molar-refractivity contribution in [2.24, 2.45) is 0 Å². The van der Waals surface area contributed by atoms with E-state index in [1.165, 1.54) is 27.9 Å². The first kappa shape index (κ1) is 10.2. The summed E-state index contributed by atoms with van der Waals surface area (Å²) in [5.74, 6) is 0. The summed E-state index contributed by atoms with van der Waals surface area (Å²) in [6, 6.07) is 17.1. The molecular formula is C16H15N. The Labute approximate surface area is 101 Å². The van der Waals surface area contributed by atoms with E-state index in [1.54, 1.807) is 0 Å². The van der Waals surface area contributed by atoms with Gasteiger partial charge in [-0.1, -0.05) is 30.3 Å². The zero-order chi connectivity index (χ0) is 11.8. The summed E-state index contributed by atoms with van der Waals surface area (Å²) in [5.41, 5.74) is 6.50. The molecule has 0 saturated heterocycles. The first-order chi connectivity index (χ1) is 8.27. The number of aromatic nitrogens is 1. The van der Waals surface area contributed by atoms with Crippen molar-refractivity contribution in [3.05, 3.63) is 66.0 Å². The van der Waals surface area contributed by atoms with E-state index in [2.05, 4.69) is 73.0 Å². The fourth-order valence-corrected chi connectivity index (χ4v) is 2.43. The average Bonchev–Trinajstić information content (AvgIpc) is 2.85. The van der Waals surface area contributed by atoms with Gasteiger partial charge in [0.2, 0.25) is 0 Å². The highest BCUT2D eigenvalue weighted by Gasteiger charge is 2.07. The van der Waals surface area contributed by atoms with Crippen LogP contribution < -0.4 is 0 Å². The minimum absolute atomic E-state index is 1.28. The normalized spacial score (nSPS) is 10.9. The first-order valence-corrected chi connectivity index (χ1v) is 5.90. The monoisotopic (exact) mass is 221 g/mol. The van der Waals surface area contributed by atoms with Gasteiger partial charge in [-0.05, 0) is 43.2 Å². The molecule has 0 aliphatic rings. The summed E-state index contributed by atoms with van der Waals surface area (Å²) < 4.78 is 2.26. The molecule has 0 aliphatic carbocycles. The topological polar surface area (TPSA) is 4.41 Å². The fourth-order valence-electron chi connectivity index (χ4n) is 2.43. The van der Waals surface area contributed by atoms with Crippen LogP contribution in [0.25, 0.3) is 16.6 Å². The Morgan fingerprint density at radius 2 is 1.65 bits per heavy atom. The summed E-state index contributed by atoms with van der Waals surface area (Å²) in [5, 5.41) is 0. The number of fused-ring (bicyclic) bond motifs is 1. The number of hydrogen-bond acceptors (Lipinski definition) is 0. The van der Waals surface area contributed by atoms with Crippen LogP contribution in [0, 0.1) is 13.8 Å².